The van der Waals surface area contributed by atoms with E-state index in [4.69, 9.17) is 14.7 Å². The summed E-state index contributed by atoms with van der Waals surface area (Å²) in [5.74, 6) is 0. The molecule has 0 aromatic heterocycles. The van der Waals surface area contributed by atoms with Crippen LogP contribution in [0.25, 0.3) is 0 Å². The summed E-state index contributed by atoms with van der Waals surface area (Å²) in [7, 11) is -4.80. The normalized spacial score (nSPS) is 16.9. The molecule has 0 saturated heterocycles. The van der Waals surface area contributed by atoms with Crippen molar-refractivity contribution >= 4 is 26.3 Å². The lowest BCUT2D eigenvalue weighted by atomic mass is 10.5. The molecular formula is C3H10O7P2S. The molecule has 80 valence electrons. The van der Waals surface area contributed by atoms with E-state index < -0.39 is 14.5 Å². The van der Waals surface area contributed by atoms with E-state index in [-0.39, 0.29) is 6.61 Å². The van der Waals surface area contributed by atoms with Crippen molar-refractivity contribution in [2.24, 2.45) is 0 Å². The third-order valence-electron chi connectivity index (χ3n) is 0.683. The van der Waals surface area contributed by atoms with Crippen molar-refractivity contribution in [2.75, 3.05) is 6.61 Å². The minimum atomic E-state index is -4.80. The van der Waals surface area contributed by atoms with Crippen molar-refractivity contribution < 1.29 is 33.1 Å². The largest absolute Gasteiger partial charge is 0.497 e. The van der Waals surface area contributed by atoms with Gasteiger partial charge in [-0.3, -0.25) is 0 Å². The van der Waals surface area contributed by atoms with Crippen molar-refractivity contribution in [3.63, 3.8) is 0 Å². The highest BCUT2D eigenvalue weighted by Crippen LogP contribution is 2.49. The minimum Gasteiger partial charge on any atom is -0.323 e. The molecule has 0 aromatic rings. The van der Waals surface area contributed by atoms with Crippen LogP contribution >= 0.6 is 14.5 Å². The topological polar surface area (TPSA) is 105 Å². The first kappa shape index (κ1) is 13.6. The van der Waals surface area contributed by atoms with Crippen molar-refractivity contribution in [3.8, 4) is 0 Å². The molecule has 0 heterocycles. The second-order valence-electron chi connectivity index (χ2n) is 1.94. The first-order valence-electron chi connectivity index (χ1n) is 3.18. The first-order valence-corrected chi connectivity index (χ1v) is 7.30. The van der Waals surface area contributed by atoms with E-state index in [0.717, 1.165) is 0 Å². The van der Waals surface area contributed by atoms with Crippen molar-refractivity contribution in [1.82, 2.24) is 0 Å². The Labute approximate surface area is 80.1 Å². The molecular weight excluding hydrogens is 242 g/mol. The Balaban J connectivity index is 3.90. The number of hydrogen-bond acceptors (Lipinski definition) is 5. The van der Waals surface area contributed by atoms with E-state index in [1.165, 1.54) is 0 Å². The van der Waals surface area contributed by atoms with Crippen LogP contribution in [-0.4, -0.2) is 21.3 Å². The van der Waals surface area contributed by atoms with Crippen LogP contribution in [0, 0.1) is 0 Å². The monoisotopic (exact) mass is 252 g/mol. The summed E-state index contributed by atoms with van der Waals surface area (Å²) in [6, 6.07) is 0. The van der Waals surface area contributed by atoms with Gasteiger partial charge in [0.1, 0.15) is 0 Å². The number of phosphoric acid groups is 1. The zero-order valence-electron chi connectivity index (χ0n) is 6.69. The lowest BCUT2D eigenvalue weighted by Gasteiger charge is -2.13. The standard InChI is InChI=1S/C3H10O7P2S/c1-2-3-8-12(7,13)10-9-11(4,5)6/h2-3H2,1H3,(H,7,13)(H2,4,5,6). The zero-order chi connectivity index (χ0) is 10.5. The molecule has 0 bridgehead atoms. The summed E-state index contributed by atoms with van der Waals surface area (Å²) >= 11 is 4.33. The van der Waals surface area contributed by atoms with Gasteiger partial charge in [0, 0.05) is 0 Å². The molecule has 1 atom stereocenters. The van der Waals surface area contributed by atoms with E-state index in [1.807, 2.05) is 0 Å². The maximum Gasteiger partial charge on any atom is 0.497 e. The molecule has 0 saturated carbocycles. The average molecular weight is 252 g/mol. The third-order valence-corrected chi connectivity index (χ3v) is 2.34. The Kier molecular flexibility index (Phi) is 5.77. The van der Waals surface area contributed by atoms with Crippen LogP contribution < -0.4 is 0 Å². The van der Waals surface area contributed by atoms with E-state index in [0.29, 0.717) is 6.42 Å². The van der Waals surface area contributed by atoms with E-state index >= 15 is 0 Å². The second kappa shape index (κ2) is 5.50. The third kappa shape index (κ3) is 8.96. The zero-order valence-corrected chi connectivity index (χ0v) is 9.30. The summed E-state index contributed by atoms with van der Waals surface area (Å²) in [5.41, 5.74) is 0. The van der Waals surface area contributed by atoms with Crippen molar-refractivity contribution in [1.29, 1.82) is 0 Å². The highest BCUT2D eigenvalue weighted by atomic mass is 32.5. The van der Waals surface area contributed by atoms with E-state index in [9.17, 15) is 4.57 Å². The second-order valence-corrected chi connectivity index (χ2v) is 5.80. The quantitative estimate of drug-likeness (QED) is 0.360. The van der Waals surface area contributed by atoms with Crippen LogP contribution in [0.15, 0.2) is 0 Å². The summed E-state index contributed by atoms with van der Waals surface area (Å²) in [6.45, 7) is -1.80. The molecule has 7 nitrogen and oxygen atoms in total. The molecule has 0 rings (SSSR count). The van der Waals surface area contributed by atoms with Crippen LogP contribution in [0.1, 0.15) is 13.3 Å². The van der Waals surface area contributed by atoms with Gasteiger partial charge in [-0.1, -0.05) is 6.92 Å². The summed E-state index contributed by atoms with van der Waals surface area (Å²) in [6.07, 6.45) is 0.582. The molecule has 0 amide bonds. The molecule has 1 unspecified atom stereocenters. The Morgan fingerprint density at radius 3 is 2.23 bits per heavy atom. The smallest absolute Gasteiger partial charge is 0.323 e. The fraction of sp³-hybridized carbons (Fsp3) is 1.00. The predicted molar refractivity (Wildman–Crippen MR) is 47.0 cm³/mol. The van der Waals surface area contributed by atoms with Gasteiger partial charge >= 0.3 is 14.5 Å². The SMILES string of the molecule is CCCOP(O)(=S)OOP(=O)(O)O. The number of hydrogen-bond donors (Lipinski definition) is 3. The molecule has 0 radical (unpaired) electrons. The highest BCUT2D eigenvalue weighted by Gasteiger charge is 2.23. The van der Waals surface area contributed by atoms with Gasteiger partial charge in [-0.05, 0) is 18.2 Å². The Bertz CT molecular complexity index is 236. The summed E-state index contributed by atoms with van der Waals surface area (Å²) in [5, 5.41) is 0. The van der Waals surface area contributed by atoms with Gasteiger partial charge in [0.05, 0.1) is 6.61 Å². The maximum absolute atomic E-state index is 10.1. The van der Waals surface area contributed by atoms with Gasteiger partial charge in [0.2, 0.25) is 0 Å². The molecule has 0 aromatic carbocycles. The molecule has 0 fully saturated rings. The minimum absolute atomic E-state index is 0.123. The van der Waals surface area contributed by atoms with E-state index in [2.05, 4.69) is 25.7 Å². The van der Waals surface area contributed by atoms with Crippen LogP contribution in [0.5, 0.6) is 0 Å². The fourth-order valence-electron chi connectivity index (χ4n) is 0.314. The van der Waals surface area contributed by atoms with E-state index in [1.54, 1.807) is 6.92 Å². The molecule has 0 aliphatic heterocycles. The molecule has 13 heavy (non-hydrogen) atoms. The molecule has 0 spiro atoms. The molecule has 0 aliphatic rings. The maximum atomic E-state index is 10.1. The van der Waals surface area contributed by atoms with Crippen LogP contribution in [0.4, 0.5) is 0 Å². The Hall–Kier alpha value is 0.640. The van der Waals surface area contributed by atoms with Crippen LogP contribution in [-0.2, 0) is 30.2 Å². The molecule has 10 heteroatoms. The van der Waals surface area contributed by atoms with Gasteiger partial charge in [0.15, 0.2) is 0 Å². The van der Waals surface area contributed by atoms with Gasteiger partial charge < -0.3 is 19.2 Å². The lowest BCUT2D eigenvalue weighted by molar-refractivity contribution is -0.135. The predicted octanol–water partition coefficient (Wildman–Crippen LogP) is 0.671. The van der Waals surface area contributed by atoms with Gasteiger partial charge in [0.25, 0.3) is 0 Å². The van der Waals surface area contributed by atoms with Gasteiger partial charge in [-0.25, -0.2) is 4.57 Å². The lowest BCUT2D eigenvalue weighted by Crippen LogP contribution is -1.96. The summed E-state index contributed by atoms with van der Waals surface area (Å²) < 4.78 is 22.1. The molecule has 0 aliphatic carbocycles. The Morgan fingerprint density at radius 2 is 1.85 bits per heavy atom. The summed E-state index contributed by atoms with van der Waals surface area (Å²) in [4.78, 5) is 25.4. The van der Waals surface area contributed by atoms with Crippen molar-refractivity contribution in [3.05, 3.63) is 0 Å². The van der Waals surface area contributed by atoms with Crippen LogP contribution in [0.2, 0.25) is 0 Å². The highest BCUT2D eigenvalue weighted by molar-refractivity contribution is 8.07. The van der Waals surface area contributed by atoms with Crippen molar-refractivity contribution in [2.45, 2.75) is 13.3 Å². The van der Waals surface area contributed by atoms with Crippen LogP contribution in [0.3, 0.4) is 0 Å². The molecule has 3 N–H and O–H groups in total. The average Bonchev–Trinajstić information content (AvgIpc) is 1.97. The Morgan fingerprint density at radius 1 is 1.31 bits per heavy atom. The van der Waals surface area contributed by atoms with Gasteiger partial charge in [-0.2, -0.15) is 0 Å². The fourth-order valence-corrected chi connectivity index (χ4v) is 1.92. The number of rotatable bonds is 6. The first-order chi connectivity index (χ1) is 5.77. The van der Waals surface area contributed by atoms with Gasteiger partial charge in [-0.15, -0.1) is 9.35 Å².